The topological polar surface area (TPSA) is 93.8 Å². The lowest BCUT2D eigenvalue weighted by Gasteiger charge is -1.96. The fourth-order valence-corrected chi connectivity index (χ4v) is 1.86. The summed E-state index contributed by atoms with van der Waals surface area (Å²) in [4.78, 5) is 21.3. The lowest BCUT2D eigenvalue weighted by Crippen LogP contribution is -2.10. The van der Waals surface area contributed by atoms with E-state index in [0.29, 0.717) is 5.76 Å². The first kappa shape index (κ1) is 12.4. The van der Waals surface area contributed by atoms with E-state index in [1.807, 2.05) is 0 Å². The van der Waals surface area contributed by atoms with Gasteiger partial charge in [0.15, 0.2) is 0 Å². The first-order valence-corrected chi connectivity index (χ1v) is 5.75. The van der Waals surface area contributed by atoms with Crippen LogP contribution in [-0.4, -0.2) is 34.1 Å². The third-order valence-corrected chi connectivity index (χ3v) is 2.81. The number of hydrogen-bond donors (Lipinski definition) is 1. The van der Waals surface area contributed by atoms with Gasteiger partial charge in [-0.3, -0.25) is 9.00 Å². The molecule has 1 aromatic heterocycles. The molecule has 0 aliphatic heterocycles. The van der Waals surface area contributed by atoms with Crippen molar-refractivity contribution in [1.82, 2.24) is 0 Å². The van der Waals surface area contributed by atoms with Crippen LogP contribution in [0, 0.1) is 0 Å². The molecule has 0 bridgehead atoms. The molecule has 1 N–H and O–H groups in total. The van der Waals surface area contributed by atoms with Crippen LogP contribution in [0.2, 0.25) is 0 Å². The Morgan fingerprint density at radius 1 is 1.50 bits per heavy atom. The summed E-state index contributed by atoms with van der Waals surface area (Å²) in [7, 11) is -0.333. The van der Waals surface area contributed by atoms with Crippen molar-refractivity contribution in [2.75, 3.05) is 12.9 Å². The van der Waals surface area contributed by atoms with Gasteiger partial charge in [-0.05, 0) is 12.1 Å². The molecule has 0 aromatic carbocycles. The molecule has 0 radical (unpaired) electrons. The van der Waals surface area contributed by atoms with Crippen molar-refractivity contribution in [1.29, 1.82) is 0 Å². The van der Waals surface area contributed by atoms with Gasteiger partial charge in [0.05, 0.1) is 12.9 Å². The molecule has 1 unspecified atom stereocenters. The van der Waals surface area contributed by atoms with E-state index in [-0.39, 0.29) is 11.5 Å². The summed E-state index contributed by atoms with van der Waals surface area (Å²) in [6, 6.07) is 2.85. The van der Waals surface area contributed by atoms with Gasteiger partial charge < -0.3 is 14.3 Å². The molecule has 1 atom stereocenters. The van der Waals surface area contributed by atoms with E-state index in [4.69, 9.17) is 9.52 Å². The summed E-state index contributed by atoms with van der Waals surface area (Å²) in [6.07, 6.45) is 0. The predicted octanol–water partition coefficient (Wildman–Crippen LogP) is 0.400. The smallest absolute Gasteiger partial charge is 0.373 e. The van der Waals surface area contributed by atoms with Crippen LogP contribution >= 0.6 is 0 Å². The first-order valence-electron chi connectivity index (χ1n) is 4.26. The van der Waals surface area contributed by atoms with Gasteiger partial charge in [0.25, 0.3) is 0 Å². The molecule has 7 heteroatoms. The zero-order valence-electron chi connectivity index (χ0n) is 8.47. The van der Waals surface area contributed by atoms with Crippen molar-refractivity contribution in [2.24, 2.45) is 0 Å². The Hall–Kier alpha value is -1.63. The number of furan rings is 1. The van der Waals surface area contributed by atoms with Crippen LogP contribution in [0.15, 0.2) is 16.5 Å². The fraction of sp³-hybridized carbons (Fsp3) is 0.333. The third-order valence-electron chi connectivity index (χ3n) is 1.64. The summed E-state index contributed by atoms with van der Waals surface area (Å²) in [5.74, 6) is -1.96. The Labute approximate surface area is 93.7 Å². The van der Waals surface area contributed by atoms with E-state index >= 15 is 0 Å². The lowest BCUT2D eigenvalue weighted by atomic mass is 10.4. The molecule has 88 valence electrons. The van der Waals surface area contributed by atoms with E-state index < -0.39 is 28.5 Å². The highest BCUT2D eigenvalue weighted by Gasteiger charge is 2.14. The Kier molecular flexibility index (Phi) is 4.24. The number of ether oxygens (including phenoxy) is 1. The highest BCUT2D eigenvalue weighted by molar-refractivity contribution is 7.84. The quantitative estimate of drug-likeness (QED) is 0.756. The zero-order chi connectivity index (χ0) is 12.1. The zero-order valence-corrected chi connectivity index (χ0v) is 9.28. The largest absolute Gasteiger partial charge is 0.481 e. The number of aliphatic carboxylic acids is 1. The van der Waals surface area contributed by atoms with Gasteiger partial charge in [-0.1, -0.05) is 0 Å². The van der Waals surface area contributed by atoms with Crippen LogP contribution < -0.4 is 0 Å². The van der Waals surface area contributed by atoms with Crippen LogP contribution in [0.1, 0.15) is 16.3 Å². The van der Waals surface area contributed by atoms with E-state index in [9.17, 15) is 13.8 Å². The van der Waals surface area contributed by atoms with Crippen molar-refractivity contribution in [3.05, 3.63) is 23.7 Å². The molecule has 0 saturated heterocycles. The Morgan fingerprint density at radius 2 is 2.19 bits per heavy atom. The first-order chi connectivity index (χ1) is 7.52. The number of hydrogen-bond acceptors (Lipinski definition) is 5. The molecular formula is C9H10O6S. The summed E-state index contributed by atoms with van der Waals surface area (Å²) >= 11 is 0. The summed E-state index contributed by atoms with van der Waals surface area (Å²) in [6.45, 7) is 0. The lowest BCUT2D eigenvalue weighted by molar-refractivity contribution is -0.133. The van der Waals surface area contributed by atoms with Crippen LogP contribution in [0.3, 0.4) is 0 Å². The number of methoxy groups -OCH3 is 1. The standard InChI is InChI=1S/C9H10O6S/c1-14-9(12)7-3-2-6(15-7)4-16(13)5-8(10)11/h2-3H,4-5H2,1H3,(H,10,11). The number of carboxylic acid groups (broad SMARTS) is 1. The maximum Gasteiger partial charge on any atom is 0.373 e. The average Bonchev–Trinajstić information content (AvgIpc) is 2.63. The molecule has 0 aliphatic rings. The molecular weight excluding hydrogens is 236 g/mol. The molecule has 0 aliphatic carbocycles. The second-order valence-electron chi connectivity index (χ2n) is 2.88. The van der Waals surface area contributed by atoms with Crippen molar-refractivity contribution in [3.63, 3.8) is 0 Å². The number of carbonyl (C=O) groups is 2. The molecule has 0 spiro atoms. The van der Waals surface area contributed by atoms with Crippen molar-refractivity contribution >= 4 is 22.7 Å². The molecule has 0 saturated carbocycles. The molecule has 16 heavy (non-hydrogen) atoms. The normalized spacial score (nSPS) is 12.1. The van der Waals surface area contributed by atoms with E-state index in [2.05, 4.69) is 4.74 Å². The maximum absolute atomic E-state index is 11.2. The highest BCUT2D eigenvalue weighted by Crippen LogP contribution is 2.11. The Balaban J connectivity index is 2.62. The predicted molar refractivity (Wildman–Crippen MR) is 54.4 cm³/mol. The third kappa shape index (κ3) is 3.50. The highest BCUT2D eigenvalue weighted by atomic mass is 32.2. The minimum atomic E-state index is -1.55. The van der Waals surface area contributed by atoms with E-state index in [0.717, 1.165) is 0 Å². The monoisotopic (exact) mass is 246 g/mol. The average molecular weight is 246 g/mol. The second kappa shape index (κ2) is 5.45. The van der Waals surface area contributed by atoms with Gasteiger partial charge in [-0.15, -0.1) is 0 Å². The van der Waals surface area contributed by atoms with Crippen LogP contribution in [-0.2, 0) is 26.1 Å². The van der Waals surface area contributed by atoms with Gasteiger partial charge in [0.2, 0.25) is 5.76 Å². The van der Waals surface area contributed by atoms with Gasteiger partial charge in [0, 0.05) is 10.8 Å². The van der Waals surface area contributed by atoms with Crippen LogP contribution in [0.5, 0.6) is 0 Å². The number of carboxylic acids is 1. The van der Waals surface area contributed by atoms with Crippen molar-refractivity contribution < 1.29 is 28.1 Å². The van der Waals surface area contributed by atoms with Gasteiger partial charge in [-0.25, -0.2) is 4.79 Å². The summed E-state index contributed by atoms with van der Waals surface area (Å²) in [5, 5.41) is 8.40. The molecule has 1 rings (SSSR count). The number of carbonyl (C=O) groups excluding carboxylic acids is 1. The maximum atomic E-state index is 11.2. The number of esters is 1. The van der Waals surface area contributed by atoms with Crippen LogP contribution in [0.25, 0.3) is 0 Å². The Bertz CT molecular complexity index is 421. The minimum Gasteiger partial charge on any atom is -0.481 e. The van der Waals surface area contributed by atoms with Gasteiger partial charge >= 0.3 is 11.9 Å². The molecule has 0 amide bonds. The second-order valence-corrected chi connectivity index (χ2v) is 4.34. The summed E-state index contributed by atoms with van der Waals surface area (Å²) in [5.41, 5.74) is 0. The van der Waals surface area contributed by atoms with Gasteiger partial charge in [-0.2, -0.15) is 0 Å². The molecule has 6 nitrogen and oxygen atoms in total. The van der Waals surface area contributed by atoms with Crippen LogP contribution in [0.4, 0.5) is 0 Å². The van der Waals surface area contributed by atoms with Crippen molar-refractivity contribution in [3.8, 4) is 0 Å². The van der Waals surface area contributed by atoms with E-state index in [1.165, 1.54) is 19.2 Å². The SMILES string of the molecule is COC(=O)c1ccc(CS(=O)CC(=O)O)o1. The minimum absolute atomic E-state index is 0.00447. The van der Waals surface area contributed by atoms with Crippen molar-refractivity contribution in [2.45, 2.75) is 5.75 Å². The molecule has 1 heterocycles. The van der Waals surface area contributed by atoms with Gasteiger partial charge in [0.1, 0.15) is 11.5 Å². The van der Waals surface area contributed by atoms with E-state index in [1.54, 1.807) is 0 Å². The summed E-state index contributed by atoms with van der Waals surface area (Å²) < 4.78 is 20.7. The molecule has 0 fully saturated rings. The molecule has 1 aromatic rings. The number of rotatable bonds is 5. The Morgan fingerprint density at radius 3 is 2.75 bits per heavy atom. The fourth-order valence-electron chi connectivity index (χ4n) is 1.01.